The topological polar surface area (TPSA) is 57.8 Å². The molecule has 28 heavy (non-hydrogen) atoms. The van der Waals surface area contributed by atoms with Gasteiger partial charge >= 0.3 is 6.18 Å². The zero-order valence-electron chi connectivity index (χ0n) is 14.9. The molecule has 2 N–H and O–H groups in total. The van der Waals surface area contributed by atoms with Crippen molar-refractivity contribution in [3.8, 4) is 22.5 Å². The fourth-order valence-electron chi connectivity index (χ4n) is 3.09. The molecular weight excluding hydrogens is 367 g/mol. The van der Waals surface area contributed by atoms with Crippen LogP contribution in [-0.4, -0.2) is 22.1 Å². The summed E-state index contributed by atoms with van der Waals surface area (Å²) in [7, 11) is 0. The van der Waals surface area contributed by atoms with Gasteiger partial charge in [0, 0.05) is 17.2 Å². The molecule has 1 saturated carbocycles. The van der Waals surface area contributed by atoms with Crippen LogP contribution in [0.15, 0.2) is 54.6 Å². The highest BCUT2D eigenvalue weighted by Crippen LogP contribution is 2.32. The molecular formula is C21H18F3N3O. The van der Waals surface area contributed by atoms with Crippen molar-refractivity contribution in [3.05, 3.63) is 65.7 Å². The molecule has 1 fully saturated rings. The molecule has 1 aliphatic rings. The average Bonchev–Trinajstić information content (AvgIpc) is 3.14. The summed E-state index contributed by atoms with van der Waals surface area (Å²) in [5.74, 6) is -0.0921. The number of hydrogen-bond acceptors (Lipinski definition) is 2. The Morgan fingerprint density at radius 1 is 1.04 bits per heavy atom. The lowest BCUT2D eigenvalue weighted by Crippen LogP contribution is -2.39. The number of aromatic amines is 1. The van der Waals surface area contributed by atoms with Crippen LogP contribution in [0, 0.1) is 0 Å². The summed E-state index contributed by atoms with van der Waals surface area (Å²) in [6.45, 7) is 0. The smallest absolute Gasteiger partial charge is 0.349 e. The van der Waals surface area contributed by atoms with E-state index in [2.05, 4.69) is 15.5 Å². The highest BCUT2D eigenvalue weighted by atomic mass is 19.4. The van der Waals surface area contributed by atoms with Gasteiger partial charge in [-0.2, -0.15) is 18.3 Å². The minimum atomic E-state index is -4.40. The molecule has 7 heteroatoms. The van der Waals surface area contributed by atoms with E-state index >= 15 is 0 Å². The second-order valence-electron chi connectivity index (χ2n) is 6.92. The van der Waals surface area contributed by atoms with Gasteiger partial charge in [-0.15, -0.1) is 0 Å². The van der Waals surface area contributed by atoms with E-state index in [-0.39, 0.29) is 11.9 Å². The fraction of sp³-hybridized carbons (Fsp3) is 0.238. The third kappa shape index (κ3) is 3.78. The minimum Gasteiger partial charge on any atom is -0.349 e. The summed E-state index contributed by atoms with van der Waals surface area (Å²) < 4.78 is 38.7. The zero-order valence-corrected chi connectivity index (χ0v) is 14.9. The van der Waals surface area contributed by atoms with Gasteiger partial charge in [-0.3, -0.25) is 9.89 Å². The molecule has 144 valence electrons. The van der Waals surface area contributed by atoms with Crippen LogP contribution in [0.2, 0.25) is 0 Å². The first kappa shape index (κ1) is 18.3. The Morgan fingerprint density at radius 2 is 1.79 bits per heavy atom. The summed E-state index contributed by atoms with van der Waals surface area (Å²) in [6, 6.07) is 14.1. The van der Waals surface area contributed by atoms with Crippen molar-refractivity contribution in [2.24, 2.45) is 0 Å². The molecule has 0 unspecified atom stereocenters. The quantitative estimate of drug-likeness (QED) is 0.661. The Balaban J connectivity index is 1.52. The number of alkyl halides is 3. The first-order valence-electron chi connectivity index (χ1n) is 9.04. The molecule has 0 radical (unpaired) electrons. The maximum Gasteiger partial charge on any atom is 0.416 e. The van der Waals surface area contributed by atoms with E-state index in [9.17, 15) is 18.0 Å². The number of carbonyl (C=O) groups excluding carboxylic acids is 1. The van der Waals surface area contributed by atoms with Gasteiger partial charge in [-0.05, 0) is 55.2 Å². The minimum absolute atomic E-state index is 0.0921. The number of benzene rings is 2. The van der Waals surface area contributed by atoms with Gasteiger partial charge in [0.25, 0.3) is 5.91 Å². The number of carbonyl (C=O) groups is 1. The van der Waals surface area contributed by atoms with Crippen LogP contribution in [-0.2, 0) is 6.18 Å². The van der Waals surface area contributed by atoms with Gasteiger partial charge in [-0.1, -0.05) is 24.3 Å². The molecule has 1 amide bonds. The lowest BCUT2D eigenvalue weighted by Gasteiger charge is -2.26. The van der Waals surface area contributed by atoms with Gasteiger partial charge < -0.3 is 5.32 Å². The Labute approximate surface area is 159 Å². The Morgan fingerprint density at radius 3 is 2.43 bits per heavy atom. The van der Waals surface area contributed by atoms with Crippen molar-refractivity contribution in [1.29, 1.82) is 0 Å². The van der Waals surface area contributed by atoms with Crippen molar-refractivity contribution < 1.29 is 18.0 Å². The predicted octanol–water partition coefficient (Wildman–Crippen LogP) is 5.04. The molecule has 0 atom stereocenters. The van der Waals surface area contributed by atoms with Gasteiger partial charge in [-0.25, -0.2) is 0 Å². The normalized spacial score (nSPS) is 14.5. The number of rotatable bonds is 4. The molecule has 1 heterocycles. The Bertz CT molecular complexity index is 989. The van der Waals surface area contributed by atoms with Gasteiger partial charge in [0.05, 0.1) is 17.0 Å². The summed E-state index contributed by atoms with van der Waals surface area (Å²) in [4.78, 5) is 12.2. The molecule has 0 bridgehead atoms. The van der Waals surface area contributed by atoms with E-state index in [0.29, 0.717) is 22.5 Å². The molecule has 0 saturated heterocycles. The molecule has 0 spiro atoms. The molecule has 2 aromatic carbocycles. The van der Waals surface area contributed by atoms with Gasteiger partial charge in [0.15, 0.2) is 0 Å². The van der Waals surface area contributed by atoms with Crippen molar-refractivity contribution in [2.45, 2.75) is 31.5 Å². The number of halogens is 3. The molecule has 3 aromatic rings. The molecule has 1 aromatic heterocycles. The first-order chi connectivity index (χ1) is 13.4. The van der Waals surface area contributed by atoms with Gasteiger partial charge in [0.2, 0.25) is 0 Å². The van der Waals surface area contributed by atoms with E-state index in [1.54, 1.807) is 36.4 Å². The van der Waals surface area contributed by atoms with Crippen LogP contribution < -0.4 is 5.32 Å². The maximum absolute atomic E-state index is 12.9. The number of hydrogen-bond donors (Lipinski definition) is 2. The van der Waals surface area contributed by atoms with Crippen LogP contribution in [0.4, 0.5) is 13.2 Å². The molecule has 4 rings (SSSR count). The third-order valence-corrected chi connectivity index (χ3v) is 4.96. The molecule has 0 aliphatic heterocycles. The highest BCUT2D eigenvalue weighted by molar-refractivity contribution is 5.94. The number of amides is 1. The van der Waals surface area contributed by atoms with Crippen molar-refractivity contribution in [2.75, 3.05) is 0 Å². The number of nitrogens with zero attached hydrogens (tertiary/aromatic N) is 1. The Hall–Kier alpha value is -3.09. The van der Waals surface area contributed by atoms with Crippen LogP contribution >= 0.6 is 0 Å². The van der Waals surface area contributed by atoms with Crippen molar-refractivity contribution in [1.82, 2.24) is 15.5 Å². The highest BCUT2D eigenvalue weighted by Gasteiger charge is 2.30. The standard InChI is InChI=1S/C21H18F3N3O/c22-21(23,24)16-4-1-3-15(11-16)19-12-18(26-27-19)13-7-9-14(10-8-13)20(28)25-17-5-2-6-17/h1,3-4,7-12,17H,2,5-6H2,(H,25,28)(H,26,27). The number of nitrogens with one attached hydrogen (secondary N) is 2. The van der Waals surface area contributed by atoms with Crippen LogP contribution in [0.25, 0.3) is 22.5 Å². The first-order valence-corrected chi connectivity index (χ1v) is 9.04. The third-order valence-electron chi connectivity index (χ3n) is 4.96. The van der Waals surface area contributed by atoms with E-state index in [0.717, 1.165) is 37.0 Å². The number of aromatic nitrogens is 2. The van der Waals surface area contributed by atoms with E-state index in [4.69, 9.17) is 0 Å². The van der Waals surface area contributed by atoms with E-state index < -0.39 is 11.7 Å². The lowest BCUT2D eigenvalue weighted by atomic mass is 9.93. The van der Waals surface area contributed by atoms with Crippen molar-refractivity contribution in [3.63, 3.8) is 0 Å². The van der Waals surface area contributed by atoms with Crippen molar-refractivity contribution >= 4 is 5.91 Å². The van der Waals surface area contributed by atoms with E-state index in [1.165, 1.54) is 6.07 Å². The Kier molecular flexibility index (Phi) is 4.66. The monoisotopic (exact) mass is 385 g/mol. The predicted molar refractivity (Wildman–Crippen MR) is 99.6 cm³/mol. The largest absolute Gasteiger partial charge is 0.416 e. The maximum atomic E-state index is 12.9. The average molecular weight is 385 g/mol. The fourth-order valence-corrected chi connectivity index (χ4v) is 3.09. The van der Waals surface area contributed by atoms with Crippen LogP contribution in [0.1, 0.15) is 35.2 Å². The van der Waals surface area contributed by atoms with Crippen LogP contribution in [0.5, 0.6) is 0 Å². The van der Waals surface area contributed by atoms with Gasteiger partial charge in [0.1, 0.15) is 0 Å². The summed E-state index contributed by atoms with van der Waals surface area (Å²) >= 11 is 0. The van der Waals surface area contributed by atoms with Crippen LogP contribution in [0.3, 0.4) is 0 Å². The second-order valence-corrected chi connectivity index (χ2v) is 6.92. The SMILES string of the molecule is O=C(NC1CCC1)c1ccc(-c2cc(-c3cccc(C(F)(F)F)c3)n[nH]2)cc1. The molecule has 4 nitrogen and oxygen atoms in total. The lowest BCUT2D eigenvalue weighted by molar-refractivity contribution is -0.137. The molecule has 1 aliphatic carbocycles. The zero-order chi connectivity index (χ0) is 19.7. The second kappa shape index (κ2) is 7.14. The summed E-state index contributed by atoms with van der Waals surface area (Å²) in [5.41, 5.74) is 2.13. The summed E-state index contributed by atoms with van der Waals surface area (Å²) in [5, 5.41) is 9.96. The number of H-pyrrole nitrogens is 1. The summed E-state index contributed by atoms with van der Waals surface area (Å²) in [6.07, 6.45) is -1.20. The van der Waals surface area contributed by atoms with E-state index in [1.807, 2.05) is 0 Å².